The number of carbonyl (C=O) groups is 2. The first-order chi connectivity index (χ1) is 10.1. The third-order valence-electron chi connectivity index (χ3n) is 2.56. The van der Waals surface area contributed by atoms with Gasteiger partial charge < -0.3 is 9.84 Å². The zero-order chi connectivity index (χ0) is 15.2. The van der Waals surface area contributed by atoms with Crippen molar-refractivity contribution in [3.05, 3.63) is 30.6 Å². The third kappa shape index (κ3) is 3.53. The van der Waals surface area contributed by atoms with E-state index in [1.54, 1.807) is 31.2 Å². The lowest BCUT2D eigenvalue weighted by Gasteiger charge is -2.20. The Bertz CT molecular complexity index is 611. The number of amides is 1. The summed E-state index contributed by atoms with van der Waals surface area (Å²) in [4.78, 5) is 23.7. The van der Waals surface area contributed by atoms with Crippen molar-refractivity contribution in [2.45, 2.75) is 6.92 Å². The molecule has 0 bridgehead atoms. The van der Waals surface area contributed by atoms with E-state index in [0.29, 0.717) is 11.4 Å². The Kier molecular flexibility index (Phi) is 4.44. The zero-order valence-electron chi connectivity index (χ0n) is 11.2. The Hall–Kier alpha value is -2.97. The van der Waals surface area contributed by atoms with Crippen molar-refractivity contribution in [3.8, 4) is 5.69 Å². The first-order valence-corrected chi connectivity index (χ1v) is 6.11. The molecule has 110 valence electrons. The molecule has 2 rings (SSSR count). The minimum atomic E-state index is -1.13. The Morgan fingerprint density at radius 1 is 1.33 bits per heavy atom. The predicted octanol–water partition coefficient (Wildman–Crippen LogP) is 0.710. The second-order valence-corrected chi connectivity index (χ2v) is 3.95. The second kappa shape index (κ2) is 6.46. The number of benzene rings is 1. The summed E-state index contributed by atoms with van der Waals surface area (Å²) in [5, 5.41) is 19.7. The number of carbonyl (C=O) groups excluding carboxylic acids is 1. The molecule has 1 heterocycles. The fraction of sp³-hybridized carbons (Fsp3) is 0.250. The molecule has 0 aliphatic rings. The lowest BCUT2D eigenvalue weighted by atomic mass is 10.2. The maximum Gasteiger partial charge on any atom is 0.414 e. The van der Waals surface area contributed by atoms with Gasteiger partial charge in [0.2, 0.25) is 0 Å². The average molecular weight is 291 g/mol. The van der Waals surface area contributed by atoms with Crippen LogP contribution in [0.1, 0.15) is 6.92 Å². The monoisotopic (exact) mass is 291 g/mol. The maximum absolute atomic E-state index is 11.8. The van der Waals surface area contributed by atoms with E-state index in [2.05, 4.69) is 15.5 Å². The van der Waals surface area contributed by atoms with Gasteiger partial charge in [-0.05, 0) is 41.6 Å². The van der Waals surface area contributed by atoms with Crippen molar-refractivity contribution in [3.63, 3.8) is 0 Å². The lowest BCUT2D eigenvalue weighted by Crippen LogP contribution is -2.36. The average Bonchev–Trinajstić information content (AvgIpc) is 2.99. The SMILES string of the molecule is CCOC(=O)N(CC(=O)O)c1ccc(-n2cnnn2)cc1. The van der Waals surface area contributed by atoms with Crippen LogP contribution in [-0.4, -0.2) is 50.5 Å². The van der Waals surface area contributed by atoms with Crippen LogP contribution >= 0.6 is 0 Å². The largest absolute Gasteiger partial charge is 0.480 e. The van der Waals surface area contributed by atoms with Gasteiger partial charge in [-0.1, -0.05) is 0 Å². The number of nitrogens with zero attached hydrogens (tertiary/aromatic N) is 5. The quantitative estimate of drug-likeness (QED) is 0.863. The molecule has 0 saturated heterocycles. The molecule has 1 aromatic heterocycles. The molecule has 0 atom stereocenters. The van der Waals surface area contributed by atoms with Gasteiger partial charge in [-0.2, -0.15) is 0 Å². The van der Waals surface area contributed by atoms with Crippen molar-refractivity contribution in [1.29, 1.82) is 0 Å². The number of ether oxygens (including phenoxy) is 1. The van der Waals surface area contributed by atoms with Crippen LogP contribution in [-0.2, 0) is 9.53 Å². The number of carboxylic acids is 1. The normalized spacial score (nSPS) is 10.1. The predicted molar refractivity (Wildman–Crippen MR) is 71.2 cm³/mol. The van der Waals surface area contributed by atoms with Gasteiger partial charge in [0.1, 0.15) is 12.9 Å². The summed E-state index contributed by atoms with van der Waals surface area (Å²) >= 11 is 0. The zero-order valence-corrected chi connectivity index (χ0v) is 11.2. The van der Waals surface area contributed by atoms with E-state index in [9.17, 15) is 9.59 Å². The first kappa shape index (κ1) is 14.4. The molecule has 9 nitrogen and oxygen atoms in total. The first-order valence-electron chi connectivity index (χ1n) is 6.11. The van der Waals surface area contributed by atoms with Crippen molar-refractivity contribution in [2.24, 2.45) is 0 Å². The third-order valence-corrected chi connectivity index (χ3v) is 2.56. The van der Waals surface area contributed by atoms with Gasteiger partial charge in [-0.3, -0.25) is 9.69 Å². The molecule has 0 unspecified atom stereocenters. The Labute approximate surface area is 119 Å². The van der Waals surface area contributed by atoms with Gasteiger partial charge in [-0.15, -0.1) is 5.10 Å². The fourth-order valence-electron chi connectivity index (χ4n) is 1.66. The van der Waals surface area contributed by atoms with Gasteiger partial charge in [0.15, 0.2) is 0 Å². The van der Waals surface area contributed by atoms with Gasteiger partial charge >= 0.3 is 12.1 Å². The standard InChI is InChI=1S/C12H13N5O4/c1-2-21-12(20)16(7-11(18)19)9-3-5-10(6-4-9)17-8-13-14-15-17/h3-6,8H,2,7H2,1H3,(H,18,19). The highest BCUT2D eigenvalue weighted by atomic mass is 16.6. The topological polar surface area (TPSA) is 110 Å². The maximum atomic E-state index is 11.8. The fourth-order valence-corrected chi connectivity index (χ4v) is 1.66. The molecule has 0 radical (unpaired) electrons. The van der Waals surface area contributed by atoms with E-state index in [1.165, 1.54) is 11.0 Å². The number of hydrogen-bond acceptors (Lipinski definition) is 6. The number of aromatic nitrogens is 4. The molecular weight excluding hydrogens is 278 g/mol. The molecule has 0 fully saturated rings. The summed E-state index contributed by atoms with van der Waals surface area (Å²) < 4.78 is 6.29. The van der Waals surface area contributed by atoms with Crippen molar-refractivity contribution in [1.82, 2.24) is 20.2 Å². The van der Waals surface area contributed by atoms with Gasteiger partial charge in [0.05, 0.1) is 12.3 Å². The van der Waals surface area contributed by atoms with E-state index < -0.39 is 18.6 Å². The molecular formula is C12H13N5O4. The number of hydrogen-bond donors (Lipinski definition) is 1. The van der Waals surface area contributed by atoms with Crippen LogP contribution in [0.2, 0.25) is 0 Å². The van der Waals surface area contributed by atoms with Gasteiger partial charge in [0, 0.05) is 5.69 Å². The van der Waals surface area contributed by atoms with Crippen molar-refractivity contribution in [2.75, 3.05) is 18.1 Å². The minimum absolute atomic E-state index is 0.164. The number of aliphatic carboxylic acids is 1. The highest BCUT2D eigenvalue weighted by Crippen LogP contribution is 2.17. The Balaban J connectivity index is 2.23. The summed E-state index contributed by atoms with van der Waals surface area (Å²) in [5.41, 5.74) is 1.09. The number of carboxylic acid groups (broad SMARTS) is 1. The van der Waals surface area contributed by atoms with E-state index in [0.717, 1.165) is 4.90 Å². The number of rotatable bonds is 5. The van der Waals surface area contributed by atoms with Crippen LogP contribution < -0.4 is 4.90 Å². The highest BCUT2D eigenvalue weighted by molar-refractivity contribution is 5.93. The Morgan fingerprint density at radius 3 is 2.57 bits per heavy atom. The number of anilines is 1. The molecule has 1 amide bonds. The smallest absolute Gasteiger partial charge is 0.414 e. The van der Waals surface area contributed by atoms with Gasteiger partial charge in [-0.25, -0.2) is 9.48 Å². The minimum Gasteiger partial charge on any atom is -0.480 e. The molecule has 2 aromatic rings. The second-order valence-electron chi connectivity index (χ2n) is 3.95. The van der Waals surface area contributed by atoms with Crippen LogP contribution in [0.5, 0.6) is 0 Å². The van der Waals surface area contributed by atoms with Crippen LogP contribution in [0.15, 0.2) is 30.6 Å². The van der Waals surface area contributed by atoms with Crippen molar-refractivity contribution < 1.29 is 19.4 Å². The van der Waals surface area contributed by atoms with Gasteiger partial charge in [0.25, 0.3) is 0 Å². The molecule has 21 heavy (non-hydrogen) atoms. The molecule has 0 saturated carbocycles. The summed E-state index contributed by atoms with van der Waals surface area (Å²) in [6, 6.07) is 6.52. The molecule has 9 heteroatoms. The molecule has 0 aliphatic heterocycles. The van der Waals surface area contributed by atoms with E-state index in [-0.39, 0.29) is 6.61 Å². The molecule has 0 aliphatic carbocycles. The molecule has 0 spiro atoms. The van der Waals surface area contributed by atoms with E-state index >= 15 is 0 Å². The highest BCUT2D eigenvalue weighted by Gasteiger charge is 2.19. The number of tetrazole rings is 1. The van der Waals surface area contributed by atoms with Crippen LogP contribution in [0.4, 0.5) is 10.5 Å². The van der Waals surface area contributed by atoms with E-state index in [1.807, 2.05) is 0 Å². The molecule has 1 N–H and O–H groups in total. The summed E-state index contributed by atoms with van der Waals surface area (Å²) in [6.07, 6.45) is 0.713. The Morgan fingerprint density at radius 2 is 2.05 bits per heavy atom. The lowest BCUT2D eigenvalue weighted by molar-refractivity contribution is -0.135. The van der Waals surface area contributed by atoms with Crippen LogP contribution in [0.3, 0.4) is 0 Å². The van der Waals surface area contributed by atoms with Crippen LogP contribution in [0.25, 0.3) is 5.69 Å². The summed E-state index contributed by atoms with van der Waals surface area (Å²) in [7, 11) is 0. The van der Waals surface area contributed by atoms with E-state index in [4.69, 9.17) is 9.84 Å². The molecule has 1 aromatic carbocycles. The van der Waals surface area contributed by atoms with Crippen LogP contribution in [0, 0.1) is 0 Å². The van der Waals surface area contributed by atoms with Crippen molar-refractivity contribution >= 4 is 17.7 Å². The summed E-state index contributed by atoms with van der Waals surface area (Å²) in [5.74, 6) is -1.13. The summed E-state index contributed by atoms with van der Waals surface area (Å²) in [6.45, 7) is 1.33.